The fourth-order valence-electron chi connectivity index (χ4n) is 3.74. The van der Waals surface area contributed by atoms with Crippen LogP contribution < -0.4 is 10.2 Å². The van der Waals surface area contributed by atoms with E-state index in [2.05, 4.69) is 10.3 Å². The van der Waals surface area contributed by atoms with Gasteiger partial charge in [-0.2, -0.15) is 13.2 Å². The number of hydrogen-bond acceptors (Lipinski definition) is 4. The van der Waals surface area contributed by atoms with Crippen molar-refractivity contribution in [3.05, 3.63) is 59.3 Å². The number of pyridine rings is 1. The smallest absolute Gasteiger partial charge is 0.355 e. The quantitative estimate of drug-likeness (QED) is 0.757. The zero-order valence-electron chi connectivity index (χ0n) is 18.2. The Kier molecular flexibility index (Phi) is 7.37. The van der Waals surface area contributed by atoms with Crippen LogP contribution in [0.15, 0.2) is 42.6 Å². The van der Waals surface area contributed by atoms with Gasteiger partial charge in [-0.1, -0.05) is 29.8 Å². The lowest BCUT2D eigenvalue weighted by atomic mass is 10.0. The Balaban J connectivity index is 1.64. The number of nitrogens with zero attached hydrogens (tertiary/aromatic N) is 3. The molecule has 2 aromatic rings. The minimum Gasteiger partial charge on any atom is -0.355 e. The van der Waals surface area contributed by atoms with Crippen LogP contribution in [0, 0.1) is 6.92 Å². The number of halogens is 3. The molecule has 1 aromatic carbocycles. The summed E-state index contributed by atoms with van der Waals surface area (Å²) < 4.78 is 38.3. The molecule has 172 valence electrons. The highest BCUT2D eigenvalue weighted by atomic mass is 19.4. The highest BCUT2D eigenvalue weighted by Gasteiger charge is 2.31. The summed E-state index contributed by atoms with van der Waals surface area (Å²) in [6.07, 6.45) is -2.77. The fourth-order valence-corrected chi connectivity index (χ4v) is 3.74. The van der Waals surface area contributed by atoms with Gasteiger partial charge in [0.2, 0.25) is 11.8 Å². The number of amides is 2. The number of carbonyl (C=O) groups is 2. The molecule has 1 aromatic heterocycles. The number of nitrogens with one attached hydrogen (secondary N) is 1. The second-order valence-electron chi connectivity index (χ2n) is 7.99. The number of carbonyl (C=O) groups excluding carboxylic acids is 2. The Morgan fingerprint density at radius 1 is 1.06 bits per heavy atom. The van der Waals surface area contributed by atoms with E-state index in [1.165, 1.54) is 13.0 Å². The highest BCUT2D eigenvalue weighted by molar-refractivity contribution is 5.79. The van der Waals surface area contributed by atoms with E-state index in [-0.39, 0.29) is 18.2 Å². The number of benzene rings is 1. The van der Waals surface area contributed by atoms with Gasteiger partial charge in [-0.15, -0.1) is 0 Å². The zero-order valence-corrected chi connectivity index (χ0v) is 18.2. The lowest BCUT2D eigenvalue weighted by Gasteiger charge is -2.25. The van der Waals surface area contributed by atoms with E-state index in [1.807, 2.05) is 36.1 Å². The van der Waals surface area contributed by atoms with Crippen LogP contribution in [0.2, 0.25) is 0 Å². The standard InChI is InChI=1S/C23H27F3N4O2/c1-16-4-6-18(7-5-16)20(28-17(2)31)14-22(32)30-11-3-10-29(12-13-30)21-9-8-19(15-27-21)23(24,25)26/h4-9,15,20H,3,10-14H2,1-2H3,(H,28,31). The number of hydrogen-bond donors (Lipinski definition) is 1. The molecule has 6 nitrogen and oxygen atoms in total. The molecule has 0 bridgehead atoms. The van der Waals surface area contributed by atoms with E-state index >= 15 is 0 Å². The minimum atomic E-state index is -4.42. The fraction of sp³-hybridized carbons (Fsp3) is 0.435. The molecular weight excluding hydrogens is 421 g/mol. The van der Waals surface area contributed by atoms with Crippen molar-refractivity contribution in [3.8, 4) is 0 Å². The van der Waals surface area contributed by atoms with Crippen LogP contribution in [0.1, 0.15) is 42.5 Å². The summed E-state index contributed by atoms with van der Waals surface area (Å²) in [7, 11) is 0. The predicted molar refractivity (Wildman–Crippen MR) is 115 cm³/mol. The monoisotopic (exact) mass is 448 g/mol. The van der Waals surface area contributed by atoms with Gasteiger partial charge >= 0.3 is 6.18 Å². The van der Waals surface area contributed by atoms with Crippen molar-refractivity contribution in [2.45, 2.75) is 38.9 Å². The van der Waals surface area contributed by atoms with Gasteiger partial charge in [-0.05, 0) is 31.0 Å². The Bertz CT molecular complexity index is 930. The number of aromatic nitrogens is 1. The largest absolute Gasteiger partial charge is 0.417 e. The maximum Gasteiger partial charge on any atom is 0.417 e. The lowest BCUT2D eigenvalue weighted by molar-refractivity contribution is -0.138. The molecule has 1 aliphatic rings. The van der Waals surface area contributed by atoms with Crippen molar-refractivity contribution in [3.63, 3.8) is 0 Å². The first kappa shape index (κ1) is 23.6. The highest BCUT2D eigenvalue weighted by Crippen LogP contribution is 2.29. The van der Waals surface area contributed by atoms with Gasteiger partial charge in [0.05, 0.1) is 18.0 Å². The zero-order chi connectivity index (χ0) is 23.3. The third-order valence-corrected chi connectivity index (χ3v) is 5.48. The lowest BCUT2D eigenvalue weighted by Crippen LogP contribution is -2.38. The summed E-state index contributed by atoms with van der Waals surface area (Å²) in [5.41, 5.74) is 1.17. The number of rotatable bonds is 5. The molecule has 0 radical (unpaired) electrons. The van der Waals surface area contributed by atoms with Gasteiger partial charge in [0.1, 0.15) is 5.82 Å². The van der Waals surface area contributed by atoms with Gasteiger partial charge in [-0.25, -0.2) is 4.98 Å². The Labute approximate surface area is 185 Å². The maximum atomic E-state index is 13.0. The molecule has 0 spiro atoms. The third-order valence-electron chi connectivity index (χ3n) is 5.48. The minimum absolute atomic E-state index is 0.0773. The first-order chi connectivity index (χ1) is 15.1. The van der Waals surface area contributed by atoms with E-state index in [1.54, 1.807) is 4.90 Å². The van der Waals surface area contributed by atoms with E-state index in [4.69, 9.17) is 0 Å². The summed E-state index contributed by atoms with van der Waals surface area (Å²) in [5, 5.41) is 2.85. The summed E-state index contributed by atoms with van der Waals surface area (Å²) in [5.74, 6) is 0.174. The molecule has 3 rings (SSSR count). The molecule has 1 saturated heterocycles. The molecule has 1 atom stereocenters. The van der Waals surface area contributed by atoms with Crippen molar-refractivity contribution in [1.82, 2.24) is 15.2 Å². The summed E-state index contributed by atoms with van der Waals surface area (Å²) in [4.78, 5) is 32.3. The van der Waals surface area contributed by atoms with Crippen molar-refractivity contribution < 1.29 is 22.8 Å². The first-order valence-electron chi connectivity index (χ1n) is 10.5. The number of anilines is 1. The third kappa shape index (κ3) is 6.21. The van der Waals surface area contributed by atoms with E-state index < -0.39 is 17.8 Å². The first-order valence-corrected chi connectivity index (χ1v) is 10.5. The second kappa shape index (κ2) is 10.0. The van der Waals surface area contributed by atoms with Crippen LogP contribution in [-0.2, 0) is 15.8 Å². The molecule has 2 heterocycles. The van der Waals surface area contributed by atoms with Crippen molar-refractivity contribution in [1.29, 1.82) is 0 Å². The van der Waals surface area contributed by atoms with E-state index in [0.29, 0.717) is 38.4 Å². The molecule has 9 heteroatoms. The molecule has 0 aliphatic carbocycles. The molecule has 1 fully saturated rings. The Hall–Kier alpha value is -3.10. The Morgan fingerprint density at radius 3 is 2.38 bits per heavy atom. The number of alkyl halides is 3. The van der Waals surface area contributed by atoms with Crippen molar-refractivity contribution >= 4 is 17.6 Å². The SMILES string of the molecule is CC(=O)NC(CC(=O)N1CCCN(c2ccc(C(F)(F)F)cn2)CC1)c1ccc(C)cc1. The average molecular weight is 448 g/mol. The molecule has 1 aliphatic heterocycles. The second-order valence-corrected chi connectivity index (χ2v) is 7.99. The van der Waals surface area contributed by atoms with Crippen LogP contribution >= 0.6 is 0 Å². The summed E-state index contributed by atoms with van der Waals surface area (Å²) in [6.45, 7) is 5.43. The normalized spacial score (nSPS) is 15.8. The molecule has 1 unspecified atom stereocenters. The number of aryl methyl sites for hydroxylation is 1. The molecule has 32 heavy (non-hydrogen) atoms. The van der Waals surface area contributed by atoms with Crippen molar-refractivity contribution in [2.24, 2.45) is 0 Å². The molecule has 2 amide bonds. The molecule has 1 N–H and O–H groups in total. The topological polar surface area (TPSA) is 65.5 Å². The molecular formula is C23H27F3N4O2. The van der Waals surface area contributed by atoms with Gasteiger partial charge in [-0.3, -0.25) is 9.59 Å². The van der Waals surface area contributed by atoms with Gasteiger partial charge in [0.25, 0.3) is 0 Å². The Morgan fingerprint density at radius 2 is 1.78 bits per heavy atom. The predicted octanol–water partition coefficient (Wildman–Crippen LogP) is 3.72. The van der Waals surface area contributed by atoms with Crippen LogP contribution in [-0.4, -0.2) is 47.9 Å². The van der Waals surface area contributed by atoms with E-state index in [9.17, 15) is 22.8 Å². The van der Waals surface area contributed by atoms with Crippen LogP contribution in [0.5, 0.6) is 0 Å². The van der Waals surface area contributed by atoms with Crippen molar-refractivity contribution in [2.75, 3.05) is 31.1 Å². The maximum absolute atomic E-state index is 13.0. The van der Waals surface area contributed by atoms with Crippen LogP contribution in [0.25, 0.3) is 0 Å². The van der Waals surface area contributed by atoms with Crippen LogP contribution in [0.4, 0.5) is 19.0 Å². The van der Waals surface area contributed by atoms with Gasteiger partial charge in [0, 0.05) is 39.3 Å². The summed E-state index contributed by atoms with van der Waals surface area (Å²) >= 11 is 0. The van der Waals surface area contributed by atoms with E-state index in [0.717, 1.165) is 23.4 Å². The van der Waals surface area contributed by atoms with Gasteiger partial charge < -0.3 is 15.1 Å². The van der Waals surface area contributed by atoms with Gasteiger partial charge in [0.15, 0.2) is 0 Å². The molecule has 0 saturated carbocycles. The average Bonchev–Trinajstić information content (AvgIpc) is 2.99. The van der Waals surface area contributed by atoms with Crippen LogP contribution in [0.3, 0.4) is 0 Å². The summed E-state index contributed by atoms with van der Waals surface area (Å²) in [6, 6.07) is 9.66.